The van der Waals surface area contributed by atoms with Crippen LogP contribution in [-0.2, 0) is 0 Å². The molecule has 17 heavy (non-hydrogen) atoms. The van der Waals surface area contributed by atoms with E-state index in [1.165, 1.54) is 6.20 Å². The van der Waals surface area contributed by atoms with Crippen molar-refractivity contribution in [3.05, 3.63) is 51.1 Å². The fourth-order valence-electron chi connectivity index (χ4n) is 1.09. The van der Waals surface area contributed by atoms with Crippen molar-refractivity contribution in [1.29, 1.82) is 0 Å². The summed E-state index contributed by atoms with van der Waals surface area (Å²) in [5, 5.41) is 9.92. The number of hydrogen-bond acceptors (Lipinski definition) is 5. The molecule has 0 saturated carbocycles. The second-order valence-corrected chi connectivity index (χ2v) is 3.88. The van der Waals surface area contributed by atoms with Crippen LogP contribution in [0.1, 0.15) is 5.56 Å². The number of nitrogens with one attached hydrogen (secondary N) is 2. The van der Waals surface area contributed by atoms with Gasteiger partial charge < -0.3 is 0 Å². The summed E-state index contributed by atoms with van der Waals surface area (Å²) in [5.41, 5.74) is 3.75. The van der Waals surface area contributed by atoms with Crippen LogP contribution in [-0.4, -0.2) is 21.4 Å². The quantitative estimate of drug-likeness (QED) is 0.661. The van der Waals surface area contributed by atoms with Gasteiger partial charge in [0.1, 0.15) is 4.47 Å². The van der Waals surface area contributed by atoms with Crippen LogP contribution in [0.4, 0.5) is 5.69 Å². The van der Waals surface area contributed by atoms with Crippen LogP contribution in [0.3, 0.4) is 0 Å². The van der Waals surface area contributed by atoms with E-state index in [0.29, 0.717) is 10.2 Å². The van der Waals surface area contributed by atoms with E-state index in [1.807, 2.05) is 12.1 Å². The molecule has 0 aromatic carbocycles. The fraction of sp³-hybridized carbons (Fsp3) is 0. The van der Waals surface area contributed by atoms with Crippen molar-refractivity contribution in [3.63, 3.8) is 0 Å². The molecule has 7 heteroatoms. The summed E-state index contributed by atoms with van der Waals surface area (Å²) in [6, 6.07) is 3.68. The fourth-order valence-corrected chi connectivity index (χ4v) is 1.37. The third-order valence-electron chi connectivity index (χ3n) is 1.88. The number of hydrogen-bond donors (Lipinski definition) is 2. The lowest BCUT2D eigenvalue weighted by Gasteiger charge is -2.00. The molecule has 2 N–H and O–H groups in total. The molecule has 0 saturated heterocycles. The van der Waals surface area contributed by atoms with Gasteiger partial charge in [-0.3, -0.25) is 15.2 Å². The molecule has 2 rings (SSSR count). The zero-order chi connectivity index (χ0) is 12.1. The standard InChI is InChI=1S/C10H8BrN5O/c11-9-8(6-14-16-10(9)17)15-13-5-7-2-1-3-12-4-7/h1-6H,(H2,15,16,17). The number of aromatic amines is 1. The first-order valence-electron chi connectivity index (χ1n) is 4.69. The molecule has 0 atom stereocenters. The molecule has 0 aliphatic rings. The van der Waals surface area contributed by atoms with Crippen LogP contribution in [0.5, 0.6) is 0 Å². The Balaban J connectivity index is 2.11. The highest BCUT2D eigenvalue weighted by Crippen LogP contribution is 2.14. The van der Waals surface area contributed by atoms with Gasteiger partial charge in [0.15, 0.2) is 0 Å². The second-order valence-electron chi connectivity index (χ2n) is 3.08. The number of halogens is 1. The van der Waals surface area contributed by atoms with Crippen LogP contribution in [0, 0.1) is 0 Å². The lowest BCUT2D eigenvalue weighted by Crippen LogP contribution is -2.10. The zero-order valence-corrected chi connectivity index (χ0v) is 10.2. The number of rotatable bonds is 3. The van der Waals surface area contributed by atoms with Crippen molar-refractivity contribution < 1.29 is 0 Å². The third-order valence-corrected chi connectivity index (χ3v) is 2.67. The van der Waals surface area contributed by atoms with Crippen LogP contribution in [0.25, 0.3) is 0 Å². The van der Waals surface area contributed by atoms with Crippen molar-refractivity contribution in [1.82, 2.24) is 15.2 Å². The summed E-state index contributed by atoms with van der Waals surface area (Å²) in [4.78, 5) is 15.2. The van der Waals surface area contributed by atoms with Crippen LogP contribution < -0.4 is 11.0 Å². The number of H-pyrrole nitrogens is 1. The first-order valence-corrected chi connectivity index (χ1v) is 5.49. The largest absolute Gasteiger partial charge is 0.280 e. The van der Waals surface area contributed by atoms with Gasteiger partial charge >= 0.3 is 0 Å². The maximum atomic E-state index is 11.2. The molecule has 2 aromatic rings. The van der Waals surface area contributed by atoms with Crippen LogP contribution in [0.15, 0.2) is 45.1 Å². The van der Waals surface area contributed by atoms with Crippen LogP contribution in [0.2, 0.25) is 0 Å². The van der Waals surface area contributed by atoms with E-state index in [-0.39, 0.29) is 5.56 Å². The molecule has 0 radical (unpaired) electrons. The highest BCUT2D eigenvalue weighted by molar-refractivity contribution is 9.10. The van der Waals surface area contributed by atoms with Gasteiger partial charge in [-0.05, 0) is 22.0 Å². The van der Waals surface area contributed by atoms with E-state index >= 15 is 0 Å². The van der Waals surface area contributed by atoms with E-state index in [4.69, 9.17) is 0 Å². The van der Waals surface area contributed by atoms with E-state index in [2.05, 4.69) is 41.6 Å². The minimum atomic E-state index is -0.313. The summed E-state index contributed by atoms with van der Waals surface area (Å²) in [5.74, 6) is 0. The molecule has 86 valence electrons. The van der Waals surface area contributed by atoms with Gasteiger partial charge in [0.25, 0.3) is 5.56 Å². The summed E-state index contributed by atoms with van der Waals surface area (Å²) in [7, 11) is 0. The normalized spacial score (nSPS) is 10.6. The number of aromatic nitrogens is 3. The van der Waals surface area contributed by atoms with Crippen molar-refractivity contribution in [2.45, 2.75) is 0 Å². The molecular weight excluding hydrogens is 286 g/mol. The Morgan fingerprint density at radius 1 is 1.47 bits per heavy atom. The van der Waals surface area contributed by atoms with Gasteiger partial charge in [0.05, 0.1) is 18.1 Å². The van der Waals surface area contributed by atoms with Gasteiger partial charge in [-0.2, -0.15) is 10.2 Å². The maximum absolute atomic E-state index is 11.2. The van der Waals surface area contributed by atoms with Gasteiger partial charge in [-0.15, -0.1) is 0 Å². The minimum Gasteiger partial charge on any atom is -0.275 e. The van der Waals surface area contributed by atoms with Crippen molar-refractivity contribution in [3.8, 4) is 0 Å². The van der Waals surface area contributed by atoms with Gasteiger partial charge in [0, 0.05) is 18.0 Å². The molecule has 0 aliphatic heterocycles. The van der Waals surface area contributed by atoms with E-state index in [9.17, 15) is 4.79 Å². The molecule has 0 unspecified atom stereocenters. The minimum absolute atomic E-state index is 0.313. The Bertz CT molecular complexity index is 581. The molecule has 0 bridgehead atoms. The smallest absolute Gasteiger partial charge is 0.275 e. The lowest BCUT2D eigenvalue weighted by molar-refractivity contribution is 0.977. The second kappa shape index (κ2) is 5.35. The number of hydrazone groups is 1. The topological polar surface area (TPSA) is 83.0 Å². The summed E-state index contributed by atoms with van der Waals surface area (Å²) < 4.78 is 0.357. The summed E-state index contributed by atoms with van der Waals surface area (Å²) >= 11 is 3.13. The predicted octanol–water partition coefficient (Wildman–Crippen LogP) is 1.37. The molecule has 0 amide bonds. The lowest BCUT2D eigenvalue weighted by atomic mass is 10.3. The molecule has 2 aromatic heterocycles. The van der Waals surface area contributed by atoms with Gasteiger partial charge in [-0.25, -0.2) is 5.10 Å². The first-order chi connectivity index (χ1) is 8.27. The van der Waals surface area contributed by atoms with Crippen molar-refractivity contribution in [2.24, 2.45) is 5.10 Å². The van der Waals surface area contributed by atoms with Crippen molar-refractivity contribution in [2.75, 3.05) is 5.43 Å². The molecule has 0 spiro atoms. The molecule has 0 aliphatic carbocycles. The summed E-state index contributed by atoms with van der Waals surface area (Å²) in [6.45, 7) is 0. The molecular formula is C10H8BrN5O. The number of nitrogens with zero attached hydrogens (tertiary/aromatic N) is 3. The Kier molecular flexibility index (Phi) is 3.61. The Labute approximate surface area is 105 Å². The number of pyridine rings is 1. The molecule has 0 fully saturated rings. The SMILES string of the molecule is O=c1[nH]ncc(NN=Cc2cccnc2)c1Br. The molecule has 6 nitrogen and oxygen atoms in total. The first kappa shape index (κ1) is 11.5. The van der Waals surface area contributed by atoms with E-state index in [1.54, 1.807) is 18.6 Å². The van der Waals surface area contributed by atoms with Gasteiger partial charge in [0.2, 0.25) is 0 Å². The Hall–Kier alpha value is -2.02. The predicted molar refractivity (Wildman–Crippen MR) is 68.0 cm³/mol. The Morgan fingerprint density at radius 2 is 2.35 bits per heavy atom. The highest BCUT2D eigenvalue weighted by Gasteiger charge is 2.01. The van der Waals surface area contributed by atoms with Crippen LogP contribution >= 0.6 is 15.9 Å². The third kappa shape index (κ3) is 2.97. The maximum Gasteiger partial charge on any atom is 0.280 e. The highest BCUT2D eigenvalue weighted by atomic mass is 79.9. The van der Waals surface area contributed by atoms with E-state index < -0.39 is 0 Å². The zero-order valence-electron chi connectivity index (χ0n) is 8.59. The van der Waals surface area contributed by atoms with Gasteiger partial charge in [-0.1, -0.05) is 6.07 Å². The Morgan fingerprint density at radius 3 is 3.12 bits per heavy atom. The average molecular weight is 294 g/mol. The monoisotopic (exact) mass is 293 g/mol. The number of anilines is 1. The molecule has 2 heterocycles. The van der Waals surface area contributed by atoms with Crippen molar-refractivity contribution >= 4 is 27.8 Å². The van der Waals surface area contributed by atoms with E-state index in [0.717, 1.165) is 5.56 Å². The summed E-state index contributed by atoms with van der Waals surface area (Å²) in [6.07, 6.45) is 6.42. The average Bonchev–Trinajstić information content (AvgIpc) is 2.36.